The Bertz CT molecular complexity index is 1240. The number of hydrogen-bond donors (Lipinski definition) is 1. The second-order valence-corrected chi connectivity index (χ2v) is 9.37. The van der Waals surface area contributed by atoms with Gasteiger partial charge in [0, 0.05) is 54.5 Å². The largest absolute Gasteiger partial charge is 0.378 e. The van der Waals surface area contributed by atoms with Gasteiger partial charge in [-0.15, -0.1) is 0 Å². The number of nitrogens with zero attached hydrogens (tertiary/aromatic N) is 6. The molecule has 32 heavy (non-hydrogen) atoms. The average Bonchev–Trinajstić information content (AvgIpc) is 3.40. The summed E-state index contributed by atoms with van der Waals surface area (Å²) in [5.41, 5.74) is 4.86. The van der Waals surface area contributed by atoms with Gasteiger partial charge in [-0.2, -0.15) is 9.61 Å². The minimum absolute atomic E-state index is 0.0240. The summed E-state index contributed by atoms with van der Waals surface area (Å²) in [6.07, 6.45) is 5.68. The molecule has 9 nitrogen and oxygen atoms in total. The molecule has 3 aromatic rings. The molecule has 1 unspecified atom stereocenters. The van der Waals surface area contributed by atoms with Crippen molar-refractivity contribution in [3.63, 3.8) is 0 Å². The van der Waals surface area contributed by atoms with Crippen LogP contribution in [0.4, 0.5) is 11.8 Å². The maximum absolute atomic E-state index is 13.0. The second kappa shape index (κ2) is 7.30. The van der Waals surface area contributed by atoms with Crippen LogP contribution in [0.15, 0.2) is 17.1 Å². The van der Waals surface area contributed by atoms with E-state index >= 15 is 0 Å². The standard InChI is InChI=1S/C23H29N7O2/c1-15-16(2)25-18-5-8-24-30(18)21(15)29-9-3-6-23(14-29)7-4-17-19(23)26-22(27-20(17)31)28-10-12-32-13-11-28/h5,8H,3-4,6-7,9-14H2,1-2H3,(H,26,27,31). The van der Waals surface area contributed by atoms with Crippen LogP contribution in [0.3, 0.4) is 0 Å². The molecule has 3 aromatic heterocycles. The highest BCUT2D eigenvalue weighted by atomic mass is 16.5. The number of morpholine rings is 1. The zero-order valence-corrected chi connectivity index (χ0v) is 18.7. The number of piperidine rings is 1. The first-order valence-electron chi connectivity index (χ1n) is 11.6. The Labute approximate surface area is 186 Å². The van der Waals surface area contributed by atoms with Crippen LogP contribution < -0.4 is 15.4 Å². The van der Waals surface area contributed by atoms with Crippen LogP contribution in [0.2, 0.25) is 0 Å². The summed E-state index contributed by atoms with van der Waals surface area (Å²) < 4.78 is 7.44. The van der Waals surface area contributed by atoms with Gasteiger partial charge in [-0.25, -0.2) is 9.97 Å². The molecule has 1 spiro atoms. The number of nitrogens with one attached hydrogen (secondary N) is 1. The van der Waals surface area contributed by atoms with Gasteiger partial charge in [0.25, 0.3) is 5.56 Å². The van der Waals surface area contributed by atoms with E-state index in [1.54, 1.807) is 0 Å². The molecule has 0 radical (unpaired) electrons. The summed E-state index contributed by atoms with van der Waals surface area (Å²) >= 11 is 0. The van der Waals surface area contributed by atoms with Gasteiger partial charge >= 0.3 is 0 Å². The lowest BCUT2D eigenvalue weighted by Crippen LogP contribution is -2.47. The number of aryl methyl sites for hydroxylation is 1. The molecular formula is C23H29N7O2. The first-order chi connectivity index (χ1) is 15.6. The SMILES string of the molecule is Cc1nc2ccnn2c(N2CCCC3(CCc4c3nc(N3CCOCC3)[nH]c4=O)C2)c1C. The fraction of sp³-hybridized carbons (Fsp3) is 0.565. The molecule has 0 amide bonds. The third-order valence-corrected chi connectivity index (χ3v) is 7.53. The van der Waals surface area contributed by atoms with Crippen molar-refractivity contribution in [1.82, 2.24) is 24.6 Å². The van der Waals surface area contributed by atoms with Crippen molar-refractivity contribution in [2.75, 3.05) is 49.2 Å². The van der Waals surface area contributed by atoms with Crippen molar-refractivity contribution < 1.29 is 4.74 Å². The minimum Gasteiger partial charge on any atom is -0.378 e. The monoisotopic (exact) mass is 435 g/mol. The molecule has 5 heterocycles. The number of aromatic amines is 1. The Morgan fingerprint density at radius 2 is 1.94 bits per heavy atom. The molecule has 0 saturated carbocycles. The number of H-pyrrole nitrogens is 1. The topological polar surface area (TPSA) is 91.7 Å². The Kier molecular flexibility index (Phi) is 4.50. The summed E-state index contributed by atoms with van der Waals surface area (Å²) in [4.78, 5) is 30.4. The van der Waals surface area contributed by atoms with E-state index in [1.165, 1.54) is 0 Å². The molecule has 3 aliphatic rings. The summed E-state index contributed by atoms with van der Waals surface area (Å²) in [7, 11) is 0. The lowest BCUT2D eigenvalue weighted by Gasteiger charge is -2.42. The quantitative estimate of drug-likeness (QED) is 0.656. The molecule has 1 atom stereocenters. The van der Waals surface area contributed by atoms with Crippen LogP contribution in [-0.2, 0) is 16.6 Å². The van der Waals surface area contributed by atoms with Gasteiger partial charge in [0.15, 0.2) is 5.65 Å². The Hall–Kier alpha value is -2.94. The van der Waals surface area contributed by atoms with Crippen LogP contribution in [0.1, 0.15) is 41.8 Å². The van der Waals surface area contributed by atoms with Crippen molar-refractivity contribution in [3.8, 4) is 0 Å². The average molecular weight is 436 g/mol. The van der Waals surface area contributed by atoms with Gasteiger partial charge < -0.3 is 14.5 Å². The second-order valence-electron chi connectivity index (χ2n) is 9.37. The van der Waals surface area contributed by atoms with Crippen LogP contribution in [0, 0.1) is 13.8 Å². The highest BCUT2D eigenvalue weighted by Crippen LogP contribution is 2.44. The zero-order chi connectivity index (χ0) is 21.9. The fourth-order valence-corrected chi connectivity index (χ4v) is 5.77. The maximum Gasteiger partial charge on any atom is 0.255 e. The molecule has 168 valence electrons. The number of aromatic nitrogens is 5. The molecular weight excluding hydrogens is 406 g/mol. The number of ether oxygens (including phenoxy) is 1. The third kappa shape index (κ3) is 2.94. The van der Waals surface area contributed by atoms with Gasteiger partial charge in [-0.1, -0.05) is 0 Å². The van der Waals surface area contributed by atoms with E-state index in [-0.39, 0.29) is 11.0 Å². The first kappa shape index (κ1) is 19.7. The Morgan fingerprint density at radius 1 is 1.09 bits per heavy atom. The van der Waals surface area contributed by atoms with Gasteiger partial charge in [0.05, 0.1) is 25.1 Å². The molecule has 2 fully saturated rings. The van der Waals surface area contributed by atoms with Crippen molar-refractivity contribution in [1.29, 1.82) is 0 Å². The van der Waals surface area contributed by atoms with Gasteiger partial charge in [-0.3, -0.25) is 9.78 Å². The van der Waals surface area contributed by atoms with Crippen molar-refractivity contribution in [3.05, 3.63) is 45.1 Å². The van der Waals surface area contributed by atoms with Gasteiger partial charge in [0.1, 0.15) is 5.82 Å². The van der Waals surface area contributed by atoms with Crippen molar-refractivity contribution in [2.24, 2.45) is 0 Å². The Balaban J connectivity index is 1.42. The fourth-order valence-electron chi connectivity index (χ4n) is 5.77. The molecule has 0 aromatic carbocycles. The molecule has 0 bridgehead atoms. The number of hydrogen-bond acceptors (Lipinski definition) is 7. The normalized spacial score (nSPS) is 23.3. The molecule has 2 aliphatic heterocycles. The Morgan fingerprint density at radius 3 is 2.78 bits per heavy atom. The number of rotatable bonds is 2. The van der Waals surface area contributed by atoms with Crippen LogP contribution in [-0.4, -0.2) is 64.0 Å². The van der Waals surface area contributed by atoms with Gasteiger partial charge in [0.2, 0.25) is 5.95 Å². The first-order valence-corrected chi connectivity index (χ1v) is 11.6. The smallest absolute Gasteiger partial charge is 0.255 e. The van der Waals surface area contributed by atoms with Crippen LogP contribution >= 0.6 is 0 Å². The van der Waals surface area contributed by atoms with E-state index in [9.17, 15) is 4.79 Å². The molecule has 1 N–H and O–H groups in total. The lowest BCUT2D eigenvalue weighted by atomic mass is 9.77. The van der Waals surface area contributed by atoms with Crippen molar-refractivity contribution >= 4 is 17.4 Å². The third-order valence-electron chi connectivity index (χ3n) is 7.53. The molecule has 6 rings (SSSR count). The molecule has 9 heteroatoms. The maximum atomic E-state index is 13.0. The summed E-state index contributed by atoms with van der Waals surface area (Å²) in [5.74, 6) is 1.81. The highest BCUT2D eigenvalue weighted by molar-refractivity contribution is 5.57. The lowest BCUT2D eigenvalue weighted by molar-refractivity contribution is 0.122. The number of fused-ring (bicyclic) bond motifs is 3. The molecule has 2 saturated heterocycles. The predicted molar refractivity (Wildman–Crippen MR) is 122 cm³/mol. The summed E-state index contributed by atoms with van der Waals surface area (Å²) in [6.45, 7) is 8.85. The summed E-state index contributed by atoms with van der Waals surface area (Å²) in [5, 5.41) is 4.57. The van der Waals surface area contributed by atoms with Crippen molar-refractivity contribution in [2.45, 2.75) is 44.9 Å². The van der Waals surface area contributed by atoms with Crippen LogP contribution in [0.5, 0.6) is 0 Å². The zero-order valence-electron chi connectivity index (χ0n) is 18.7. The van der Waals surface area contributed by atoms with E-state index in [1.807, 2.05) is 16.8 Å². The van der Waals surface area contributed by atoms with E-state index in [2.05, 4.69) is 33.7 Å². The summed E-state index contributed by atoms with van der Waals surface area (Å²) in [6, 6.07) is 1.95. The minimum atomic E-state index is -0.105. The van der Waals surface area contributed by atoms with Crippen LogP contribution in [0.25, 0.3) is 5.65 Å². The van der Waals surface area contributed by atoms with E-state index in [4.69, 9.17) is 14.7 Å². The van der Waals surface area contributed by atoms with E-state index in [0.29, 0.717) is 19.2 Å². The predicted octanol–water partition coefficient (Wildman–Crippen LogP) is 1.75. The van der Waals surface area contributed by atoms with E-state index < -0.39 is 0 Å². The highest BCUT2D eigenvalue weighted by Gasteiger charge is 2.45. The molecule has 1 aliphatic carbocycles. The van der Waals surface area contributed by atoms with Gasteiger partial charge in [-0.05, 0) is 39.5 Å². The van der Waals surface area contributed by atoms with E-state index in [0.717, 1.165) is 85.8 Å². The number of anilines is 2.